The molecule has 0 spiro atoms. The lowest BCUT2D eigenvalue weighted by Crippen LogP contribution is -2.52. The number of hydrogen-bond acceptors (Lipinski definition) is 4. The number of aromatic amines is 1. The Bertz CT molecular complexity index is 962. The van der Waals surface area contributed by atoms with E-state index in [0.29, 0.717) is 0 Å². The monoisotopic (exact) mass is 377 g/mol. The van der Waals surface area contributed by atoms with E-state index in [1.165, 1.54) is 5.69 Å². The van der Waals surface area contributed by atoms with Crippen molar-refractivity contribution in [1.29, 1.82) is 0 Å². The summed E-state index contributed by atoms with van der Waals surface area (Å²) in [6, 6.07) is 19.9. The van der Waals surface area contributed by atoms with Gasteiger partial charge in [0.15, 0.2) is 6.23 Å². The van der Waals surface area contributed by atoms with Crippen molar-refractivity contribution in [3.63, 3.8) is 0 Å². The van der Waals surface area contributed by atoms with Gasteiger partial charge in [0.1, 0.15) is 5.75 Å². The van der Waals surface area contributed by atoms with Gasteiger partial charge >= 0.3 is 0 Å². The first-order valence-electron chi connectivity index (χ1n) is 10.1. The van der Waals surface area contributed by atoms with Crippen LogP contribution in [0.25, 0.3) is 10.9 Å². The predicted molar refractivity (Wildman–Crippen MR) is 114 cm³/mol. The summed E-state index contributed by atoms with van der Waals surface area (Å²) in [5, 5.41) is 1.01. The van der Waals surface area contributed by atoms with E-state index in [0.717, 1.165) is 55.7 Å². The zero-order chi connectivity index (χ0) is 19.3. The minimum absolute atomic E-state index is 0.0517. The van der Waals surface area contributed by atoms with E-state index < -0.39 is 0 Å². The number of nitrogens with one attached hydrogen (secondary N) is 1. The lowest BCUT2D eigenvalue weighted by molar-refractivity contribution is 0.0146. The number of rotatable bonds is 6. The quantitative estimate of drug-likeness (QED) is 0.709. The van der Waals surface area contributed by atoms with Gasteiger partial charge in [0, 0.05) is 44.0 Å². The second kappa shape index (κ2) is 8.48. The van der Waals surface area contributed by atoms with Gasteiger partial charge in [0.25, 0.3) is 0 Å². The first kappa shape index (κ1) is 18.6. The molecule has 1 aliphatic rings. The summed E-state index contributed by atoms with van der Waals surface area (Å²) in [7, 11) is 0. The average Bonchev–Trinajstić information content (AvgIpc) is 2.74. The van der Waals surface area contributed by atoms with E-state index in [2.05, 4.69) is 52.0 Å². The van der Waals surface area contributed by atoms with E-state index in [-0.39, 0.29) is 11.8 Å². The Kier molecular flexibility index (Phi) is 5.63. The van der Waals surface area contributed by atoms with Crippen LogP contribution >= 0.6 is 0 Å². The van der Waals surface area contributed by atoms with Crippen LogP contribution in [0.4, 0.5) is 5.69 Å². The SMILES string of the molecule is CCCC(Oc1ccc2ccc(=O)[nH]c2c1)N1CCN(c2ccccc2)CC1. The van der Waals surface area contributed by atoms with Crippen molar-refractivity contribution in [2.24, 2.45) is 0 Å². The summed E-state index contributed by atoms with van der Waals surface area (Å²) >= 11 is 0. The molecule has 146 valence electrons. The molecule has 0 amide bonds. The highest BCUT2D eigenvalue weighted by molar-refractivity contribution is 5.79. The molecule has 5 nitrogen and oxygen atoms in total. The summed E-state index contributed by atoms with van der Waals surface area (Å²) in [6.07, 6.45) is 2.10. The Morgan fingerprint density at radius 3 is 2.50 bits per heavy atom. The Labute approximate surface area is 165 Å². The molecule has 1 aromatic heterocycles. The summed E-state index contributed by atoms with van der Waals surface area (Å²) in [5.41, 5.74) is 2.01. The molecule has 0 saturated carbocycles. The Morgan fingerprint density at radius 2 is 1.75 bits per heavy atom. The molecule has 0 bridgehead atoms. The molecule has 28 heavy (non-hydrogen) atoms. The van der Waals surface area contributed by atoms with Crippen molar-refractivity contribution >= 4 is 16.6 Å². The maximum atomic E-state index is 11.6. The Hall–Kier alpha value is -2.79. The lowest BCUT2D eigenvalue weighted by atomic mass is 10.2. The number of para-hydroxylation sites is 1. The van der Waals surface area contributed by atoms with Crippen LogP contribution in [0.2, 0.25) is 0 Å². The number of aromatic nitrogens is 1. The van der Waals surface area contributed by atoms with Crippen LogP contribution in [0.5, 0.6) is 5.75 Å². The van der Waals surface area contributed by atoms with Crippen molar-refractivity contribution in [2.75, 3.05) is 31.1 Å². The number of piperazine rings is 1. The zero-order valence-corrected chi connectivity index (χ0v) is 16.3. The molecule has 3 aromatic rings. The topological polar surface area (TPSA) is 48.6 Å². The van der Waals surface area contributed by atoms with Crippen LogP contribution in [-0.4, -0.2) is 42.3 Å². The largest absolute Gasteiger partial charge is 0.475 e. The average molecular weight is 377 g/mol. The van der Waals surface area contributed by atoms with Crippen molar-refractivity contribution in [3.05, 3.63) is 71.0 Å². The normalized spacial score (nSPS) is 16.2. The molecular formula is C23H27N3O2. The van der Waals surface area contributed by atoms with Crippen LogP contribution < -0.4 is 15.2 Å². The first-order chi connectivity index (χ1) is 13.7. The summed E-state index contributed by atoms with van der Waals surface area (Å²) in [4.78, 5) is 19.4. The molecule has 1 unspecified atom stereocenters. The predicted octanol–water partition coefficient (Wildman–Crippen LogP) is 3.86. The fourth-order valence-corrected chi connectivity index (χ4v) is 3.83. The number of benzene rings is 2. The van der Waals surface area contributed by atoms with Gasteiger partial charge in [-0.05, 0) is 42.1 Å². The molecule has 1 atom stereocenters. The molecule has 0 radical (unpaired) electrons. The molecular weight excluding hydrogens is 350 g/mol. The third-order valence-electron chi connectivity index (χ3n) is 5.35. The van der Waals surface area contributed by atoms with Gasteiger partial charge < -0.3 is 14.6 Å². The number of pyridine rings is 1. The van der Waals surface area contributed by atoms with Gasteiger partial charge in [-0.1, -0.05) is 31.5 Å². The highest BCUT2D eigenvalue weighted by atomic mass is 16.5. The molecule has 5 heteroatoms. The molecule has 2 heterocycles. The second-order valence-corrected chi connectivity index (χ2v) is 7.29. The third-order valence-corrected chi connectivity index (χ3v) is 5.35. The summed E-state index contributed by atoms with van der Waals surface area (Å²) in [5.74, 6) is 0.804. The van der Waals surface area contributed by atoms with E-state index in [9.17, 15) is 4.79 Å². The van der Waals surface area contributed by atoms with Crippen molar-refractivity contribution in [1.82, 2.24) is 9.88 Å². The zero-order valence-electron chi connectivity index (χ0n) is 16.3. The summed E-state index contributed by atoms with van der Waals surface area (Å²) < 4.78 is 6.37. The van der Waals surface area contributed by atoms with Gasteiger partial charge in [0.2, 0.25) is 5.56 Å². The molecule has 1 N–H and O–H groups in total. The molecule has 1 aliphatic heterocycles. The van der Waals surface area contributed by atoms with E-state index in [1.54, 1.807) is 6.07 Å². The minimum atomic E-state index is -0.0909. The first-order valence-corrected chi connectivity index (χ1v) is 10.1. The van der Waals surface area contributed by atoms with Crippen molar-refractivity contribution in [2.45, 2.75) is 26.0 Å². The van der Waals surface area contributed by atoms with Gasteiger partial charge in [-0.2, -0.15) is 0 Å². The smallest absolute Gasteiger partial charge is 0.248 e. The number of ether oxygens (including phenoxy) is 1. The van der Waals surface area contributed by atoms with E-state index >= 15 is 0 Å². The van der Waals surface area contributed by atoms with Crippen molar-refractivity contribution < 1.29 is 4.74 Å². The van der Waals surface area contributed by atoms with Crippen LogP contribution in [0, 0.1) is 0 Å². The fraction of sp³-hybridized carbons (Fsp3) is 0.348. The van der Waals surface area contributed by atoms with E-state index in [1.807, 2.05) is 24.3 Å². The number of anilines is 1. The van der Waals surface area contributed by atoms with Gasteiger partial charge in [-0.15, -0.1) is 0 Å². The van der Waals surface area contributed by atoms with Gasteiger partial charge in [-0.3, -0.25) is 9.69 Å². The molecule has 2 aromatic carbocycles. The van der Waals surface area contributed by atoms with Gasteiger partial charge in [0.05, 0.1) is 5.52 Å². The number of hydrogen-bond donors (Lipinski definition) is 1. The molecule has 0 aliphatic carbocycles. The number of nitrogens with zero attached hydrogens (tertiary/aromatic N) is 2. The standard InChI is InChI=1S/C23H27N3O2/c1-2-6-23(26-15-13-25(14-16-26)19-7-4-3-5-8-19)28-20-11-9-18-10-12-22(27)24-21(18)17-20/h3-5,7-12,17,23H,2,6,13-16H2,1H3,(H,24,27). The summed E-state index contributed by atoms with van der Waals surface area (Å²) in [6.45, 7) is 6.14. The Balaban J connectivity index is 1.45. The van der Waals surface area contributed by atoms with Crippen LogP contribution in [0.3, 0.4) is 0 Å². The minimum Gasteiger partial charge on any atom is -0.475 e. The number of fused-ring (bicyclic) bond motifs is 1. The maximum absolute atomic E-state index is 11.6. The molecule has 1 saturated heterocycles. The molecule has 1 fully saturated rings. The highest BCUT2D eigenvalue weighted by Gasteiger charge is 2.24. The maximum Gasteiger partial charge on any atom is 0.248 e. The van der Waals surface area contributed by atoms with Crippen LogP contribution in [0.15, 0.2) is 65.5 Å². The molecule has 4 rings (SSSR count). The lowest BCUT2D eigenvalue weighted by Gasteiger charge is -2.40. The highest BCUT2D eigenvalue weighted by Crippen LogP contribution is 2.23. The van der Waals surface area contributed by atoms with Crippen molar-refractivity contribution in [3.8, 4) is 5.75 Å². The second-order valence-electron chi connectivity index (χ2n) is 7.29. The van der Waals surface area contributed by atoms with Crippen LogP contribution in [-0.2, 0) is 0 Å². The van der Waals surface area contributed by atoms with Gasteiger partial charge in [-0.25, -0.2) is 0 Å². The fourth-order valence-electron chi connectivity index (χ4n) is 3.83. The van der Waals surface area contributed by atoms with Crippen LogP contribution in [0.1, 0.15) is 19.8 Å². The third kappa shape index (κ3) is 4.20. The Morgan fingerprint density at radius 1 is 1.00 bits per heavy atom. The number of H-pyrrole nitrogens is 1. The van der Waals surface area contributed by atoms with E-state index in [4.69, 9.17) is 4.74 Å².